The van der Waals surface area contributed by atoms with E-state index < -0.39 is 17.8 Å². The summed E-state index contributed by atoms with van der Waals surface area (Å²) >= 11 is 0. The molecule has 1 unspecified atom stereocenters. The summed E-state index contributed by atoms with van der Waals surface area (Å²) in [6.07, 6.45) is -0.858. The van der Waals surface area contributed by atoms with Crippen molar-refractivity contribution in [3.8, 4) is 0 Å². The first kappa shape index (κ1) is 18.3. The maximum absolute atomic E-state index is 13.5. The highest BCUT2D eigenvalue weighted by molar-refractivity contribution is 5.96. The SMILES string of the molecule is COC(CN)C(=O)Nc1cc(NC(C)=O)ccc1F.Cl. The van der Waals surface area contributed by atoms with Gasteiger partial charge in [0, 0.05) is 26.3 Å². The molecule has 0 spiro atoms. The zero-order chi connectivity index (χ0) is 14.4. The molecule has 0 aliphatic heterocycles. The molecule has 0 radical (unpaired) electrons. The van der Waals surface area contributed by atoms with Crippen LogP contribution in [0.25, 0.3) is 0 Å². The molecule has 0 aromatic heterocycles. The number of nitrogens with two attached hydrogens (primary N) is 1. The van der Waals surface area contributed by atoms with Crippen molar-refractivity contribution in [3.05, 3.63) is 24.0 Å². The number of halogens is 2. The van der Waals surface area contributed by atoms with Gasteiger partial charge in [-0.3, -0.25) is 9.59 Å². The highest BCUT2D eigenvalue weighted by Crippen LogP contribution is 2.20. The lowest BCUT2D eigenvalue weighted by Gasteiger charge is -2.14. The Morgan fingerprint density at radius 3 is 2.55 bits per heavy atom. The number of rotatable bonds is 5. The largest absolute Gasteiger partial charge is 0.370 e. The van der Waals surface area contributed by atoms with E-state index in [-0.39, 0.29) is 30.5 Å². The smallest absolute Gasteiger partial charge is 0.254 e. The van der Waals surface area contributed by atoms with Crippen LogP contribution in [0.5, 0.6) is 0 Å². The number of benzene rings is 1. The normalized spacial score (nSPS) is 11.2. The van der Waals surface area contributed by atoms with Crippen molar-refractivity contribution >= 4 is 35.6 Å². The van der Waals surface area contributed by atoms with Crippen LogP contribution in [0.2, 0.25) is 0 Å². The molecule has 20 heavy (non-hydrogen) atoms. The molecular weight excluding hydrogens is 289 g/mol. The molecular formula is C12H17ClFN3O3. The third-order valence-corrected chi connectivity index (χ3v) is 2.34. The van der Waals surface area contributed by atoms with E-state index in [0.29, 0.717) is 5.69 Å². The molecule has 0 saturated heterocycles. The number of methoxy groups -OCH3 is 1. The number of hydrogen-bond donors (Lipinski definition) is 3. The van der Waals surface area contributed by atoms with Gasteiger partial charge in [0.25, 0.3) is 5.91 Å². The molecule has 8 heteroatoms. The van der Waals surface area contributed by atoms with E-state index in [0.717, 1.165) is 6.07 Å². The first-order valence-electron chi connectivity index (χ1n) is 5.58. The molecule has 0 aliphatic rings. The lowest BCUT2D eigenvalue weighted by molar-refractivity contribution is -0.125. The Morgan fingerprint density at radius 1 is 1.40 bits per heavy atom. The summed E-state index contributed by atoms with van der Waals surface area (Å²) in [4.78, 5) is 22.6. The van der Waals surface area contributed by atoms with Gasteiger partial charge >= 0.3 is 0 Å². The Morgan fingerprint density at radius 2 is 2.05 bits per heavy atom. The molecule has 0 aliphatic carbocycles. The summed E-state index contributed by atoms with van der Waals surface area (Å²) in [7, 11) is 1.33. The second kappa shape index (κ2) is 8.47. The van der Waals surface area contributed by atoms with E-state index in [4.69, 9.17) is 10.5 Å². The maximum Gasteiger partial charge on any atom is 0.254 e. The molecule has 4 N–H and O–H groups in total. The number of carbonyl (C=O) groups is 2. The van der Waals surface area contributed by atoms with Crippen molar-refractivity contribution in [2.24, 2.45) is 5.73 Å². The molecule has 1 rings (SSSR count). The average Bonchev–Trinajstić information content (AvgIpc) is 2.34. The van der Waals surface area contributed by atoms with Crippen LogP contribution < -0.4 is 16.4 Å². The van der Waals surface area contributed by atoms with E-state index in [2.05, 4.69) is 10.6 Å². The van der Waals surface area contributed by atoms with Crippen molar-refractivity contribution in [1.29, 1.82) is 0 Å². The molecule has 0 heterocycles. The van der Waals surface area contributed by atoms with Gasteiger partial charge < -0.3 is 21.1 Å². The molecule has 2 amide bonds. The zero-order valence-corrected chi connectivity index (χ0v) is 11.9. The number of carbonyl (C=O) groups excluding carboxylic acids is 2. The quantitative estimate of drug-likeness (QED) is 0.760. The summed E-state index contributed by atoms with van der Waals surface area (Å²) in [6, 6.07) is 3.85. The Hall–Kier alpha value is -1.70. The minimum Gasteiger partial charge on any atom is -0.370 e. The van der Waals surface area contributed by atoms with E-state index in [9.17, 15) is 14.0 Å². The minimum atomic E-state index is -0.858. The van der Waals surface area contributed by atoms with Crippen LogP contribution in [-0.4, -0.2) is 31.6 Å². The second-order valence-electron chi connectivity index (χ2n) is 3.83. The van der Waals surface area contributed by atoms with Gasteiger partial charge in [0.05, 0.1) is 5.69 Å². The lowest BCUT2D eigenvalue weighted by atomic mass is 10.2. The molecule has 0 saturated carbocycles. The third kappa shape index (κ3) is 5.12. The molecule has 0 bridgehead atoms. The van der Waals surface area contributed by atoms with Gasteiger partial charge in [0.2, 0.25) is 5.91 Å². The predicted molar refractivity (Wildman–Crippen MR) is 76.4 cm³/mol. The number of anilines is 2. The van der Waals surface area contributed by atoms with Crippen LogP contribution in [0.1, 0.15) is 6.92 Å². The lowest BCUT2D eigenvalue weighted by Crippen LogP contribution is -2.36. The summed E-state index contributed by atoms with van der Waals surface area (Å²) in [5.74, 6) is -1.46. The predicted octanol–water partition coefficient (Wildman–Crippen LogP) is 1.12. The van der Waals surface area contributed by atoms with Gasteiger partial charge in [-0.1, -0.05) is 0 Å². The molecule has 6 nitrogen and oxygen atoms in total. The molecule has 1 atom stereocenters. The van der Waals surface area contributed by atoms with Crippen molar-refractivity contribution in [2.75, 3.05) is 24.3 Å². The maximum atomic E-state index is 13.5. The Kier molecular flexibility index (Phi) is 7.75. The van der Waals surface area contributed by atoms with Crippen LogP contribution in [0.3, 0.4) is 0 Å². The van der Waals surface area contributed by atoms with E-state index >= 15 is 0 Å². The highest BCUT2D eigenvalue weighted by atomic mass is 35.5. The van der Waals surface area contributed by atoms with Gasteiger partial charge in [-0.15, -0.1) is 12.4 Å². The average molecular weight is 306 g/mol. The zero-order valence-electron chi connectivity index (χ0n) is 11.1. The summed E-state index contributed by atoms with van der Waals surface area (Å²) < 4.78 is 18.4. The first-order valence-corrected chi connectivity index (χ1v) is 5.58. The van der Waals surface area contributed by atoms with E-state index in [1.165, 1.54) is 26.2 Å². The number of amides is 2. The fraction of sp³-hybridized carbons (Fsp3) is 0.333. The summed E-state index contributed by atoms with van der Waals surface area (Å²) in [6.45, 7) is 1.31. The van der Waals surface area contributed by atoms with Gasteiger partial charge in [0.1, 0.15) is 11.9 Å². The van der Waals surface area contributed by atoms with Crippen molar-refractivity contribution < 1.29 is 18.7 Å². The summed E-state index contributed by atoms with van der Waals surface area (Å²) in [5, 5.41) is 4.85. The van der Waals surface area contributed by atoms with Crippen molar-refractivity contribution in [1.82, 2.24) is 0 Å². The van der Waals surface area contributed by atoms with E-state index in [1.807, 2.05) is 0 Å². The van der Waals surface area contributed by atoms with Crippen LogP contribution >= 0.6 is 12.4 Å². The molecule has 1 aromatic rings. The van der Waals surface area contributed by atoms with E-state index in [1.54, 1.807) is 0 Å². The fourth-order valence-electron chi connectivity index (χ4n) is 1.43. The topological polar surface area (TPSA) is 93.4 Å². The van der Waals surface area contributed by atoms with Crippen molar-refractivity contribution in [2.45, 2.75) is 13.0 Å². The van der Waals surface area contributed by atoms with Gasteiger partial charge in [-0.25, -0.2) is 4.39 Å². The number of nitrogens with one attached hydrogen (secondary N) is 2. The number of ether oxygens (including phenoxy) is 1. The minimum absolute atomic E-state index is 0. The standard InChI is InChI=1S/C12H16FN3O3.ClH/c1-7(17)15-8-3-4-9(13)10(5-8)16-12(18)11(6-14)19-2;/h3-5,11H,6,14H2,1-2H3,(H,15,17)(H,16,18);1H. The van der Waals surface area contributed by atoms with Crippen molar-refractivity contribution in [3.63, 3.8) is 0 Å². The molecule has 0 fully saturated rings. The Labute approximate surface area is 122 Å². The van der Waals surface area contributed by atoms with Gasteiger partial charge in [-0.2, -0.15) is 0 Å². The van der Waals surface area contributed by atoms with Gasteiger partial charge in [-0.05, 0) is 18.2 Å². The summed E-state index contributed by atoms with van der Waals surface area (Å²) in [5.41, 5.74) is 5.67. The first-order chi connectivity index (χ1) is 8.97. The van der Waals surface area contributed by atoms with Crippen LogP contribution in [0.15, 0.2) is 18.2 Å². The third-order valence-electron chi connectivity index (χ3n) is 2.34. The monoisotopic (exact) mass is 305 g/mol. The van der Waals surface area contributed by atoms with Crippen LogP contribution in [0, 0.1) is 5.82 Å². The van der Waals surface area contributed by atoms with Gasteiger partial charge in [0.15, 0.2) is 0 Å². The Balaban J connectivity index is 0.00000361. The Bertz CT molecular complexity index is 481. The van der Waals surface area contributed by atoms with Crippen LogP contribution in [0.4, 0.5) is 15.8 Å². The molecule has 1 aromatic carbocycles. The van der Waals surface area contributed by atoms with Crippen LogP contribution in [-0.2, 0) is 14.3 Å². The number of hydrogen-bond acceptors (Lipinski definition) is 4. The molecule has 112 valence electrons. The highest BCUT2D eigenvalue weighted by Gasteiger charge is 2.17. The fourth-order valence-corrected chi connectivity index (χ4v) is 1.43. The second-order valence-corrected chi connectivity index (χ2v) is 3.83.